The van der Waals surface area contributed by atoms with Crippen LogP contribution in [0.25, 0.3) is 0 Å². The summed E-state index contributed by atoms with van der Waals surface area (Å²) in [7, 11) is 0. The summed E-state index contributed by atoms with van der Waals surface area (Å²) in [4.78, 5) is 24.6. The van der Waals surface area contributed by atoms with Crippen LogP contribution in [0.15, 0.2) is 72.8 Å². The van der Waals surface area contributed by atoms with E-state index < -0.39 is 6.09 Å². The van der Waals surface area contributed by atoms with Crippen molar-refractivity contribution in [3.8, 4) is 0 Å². The minimum atomic E-state index is -0.639. The molecule has 3 rings (SSSR count). The van der Waals surface area contributed by atoms with E-state index >= 15 is 0 Å². The monoisotopic (exact) mass is 409 g/mol. The van der Waals surface area contributed by atoms with Gasteiger partial charge in [0.2, 0.25) is 0 Å². The van der Waals surface area contributed by atoms with E-state index in [1.807, 2.05) is 42.5 Å². The number of hydrogen-bond donors (Lipinski definition) is 3. The van der Waals surface area contributed by atoms with Crippen molar-refractivity contribution in [1.29, 1.82) is 0 Å². The topological polar surface area (TPSA) is 93.5 Å². The standard InChI is InChI=1S/C22H20ClN3O3/c23-18-10-17(21(27)25-19-8-6-15(13-24)7-9-19)11-20(12-18)26-22(28)29-14-16-4-2-1-3-5-16/h1-12H,13-14,24H2,(H,25,27)(H,26,28). The van der Waals surface area contributed by atoms with Crippen LogP contribution in [-0.4, -0.2) is 12.0 Å². The SMILES string of the molecule is NCc1ccc(NC(=O)c2cc(Cl)cc(NC(=O)OCc3ccccc3)c2)cc1. The Labute approximate surface area is 173 Å². The Morgan fingerprint density at radius 2 is 1.59 bits per heavy atom. The average Bonchev–Trinajstić information content (AvgIpc) is 2.73. The molecule has 0 spiro atoms. The first-order valence-electron chi connectivity index (χ1n) is 8.92. The quantitative estimate of drug-likeness (QED) is 0.545. The predicted molar refractivity (Wildman–Crippen MR) is 114 cm³/mol. The molecule has 3 aromatic rings. The molecule has 0 fully saturated rings. The summed E-state index contributed by atoms with van der Waals surface area (Å²) in [5, 5.41) is 5.68. The van der Waals surface area contributed by atoms with Gasteiger partial charge in [-0.05, 0) is 41.5 Å². The molecule has 0 aliphatic heterocycles. The van der Waals surface area contributed by atoms with E-state index in [9.17, 15) is 9.59 Å². The Morgan fingerprint density at radius 3 is 2.28 bits per heavy atom. The third kappa shape index (κ3) is 6.07. The third-order valence-corrected chi connectivity index (χ3v) is 4.28. The molecule has 0 bridgehead atoms. The Kier molecular flexibility index (Phi) is 6.84. The number of anilines is 2. The highest BCUT2D eigenvalue weighted by Crippen LogP contribution is 2.21. The molecule has 0 heterocycles. The van der Waals surface area contributed by atoms with Gasteiger partial charge in [-0.2, -0.15) is 0 Å². The number of benzene rings is 3. The van der Waals surface area contributed by atoms with Gasteiger partial charge in [-0.15, -0.1) is 0 Å². The fraction of sp³-hybridized carbons (Fsp3) is 0.0909. The Bertz CT molecular complexity index is 992. The number of ether oxygens (including phenoxy) is 1. The molecular weight excluding hydrogens is 390 g/mol. The lowest BCUT2D eigenvalue weighted by atomic mass is 10.1. The van der Waals surface area contributed by atoms with Crippen molar-refractivity contribution >= 4 is 35.0 Å². The summed E-state index contributed by atoms with van der Waals surface area (Å²) in [6, 6.07) is 21.1. The van der Waals surface area contributed by atoms with E-state index in [0.717, 1.165) is 11.1 Å². The molecule has 0 aliphatic carbocycles. The van der Waals surface area contributed by atoms with Crippen LogP contribution < -0.4 is 16.4 Å². The lowest BCUT2D eigenvalue weighted by Crippen LogP contribution is -2.15. The number of halogens is 1. The summed E-state index contributed by atoms with van der Waals surface area (Å²) >= 11 is 6.11. The molecule has 0 aromatic heterocycles. The number of rotatable bonds is 6. The molecule has 0 aliphatic rings. The highest BCUT2D eigenvalue weighted by atomic mass is 35.5. The van der Waals surface area contributed by atoms with Gasteiger partial charge >= 0.3 is 6.09 Å². The van der Waals surface area contributed by atoms with Gasteiger partial charge in [0.1, 0.15) is 6.61 Å². The smallest absolute Gasteiger partial charge is 0.411 e. The molecule has 0 atom stereocenters. The van der Waals surface area contributed by atoms with Crippen molar-refractivity contribution in [3.63, 3.8) is 0 Å². The number of nitrogens with two attached hydrogens (primary N) is 1. The van der Waals surface area contributed by atoms with Crippen LogP contribution in [0.4, 0.5) is 16.2 Å². The molecule has 29 heavy (non-hydrogen) atoms. The average molecular weight is 410 g/mol. The third-order valence-electron chi connectivity index (χ3n) is 4.07. The largest absolute Gasteiger partial charge is 0.444 e. The van der Waals surface area contributed by atoms with E-state index in [0.29, 0.717) is 28.5 Å². The molecule has 2 amide bonds. The summed E-state index contributed by atoms with van der Waals surface area (Å²) in [6.45, 7) is 0.567. The van der Waals surface area contributed by atoms with Crippen molar-refractivity contribution in [2.24, 2.45) is 5.73 Å². The number of nitrogens with one attached hydrogen (secondary N) is 2. The van der Waals surface area contributed by atoms with Gasteiger partial charge in [-0.1, -0.05) is 54.1 Å². The van der Waals surface area contributed by atoms with Gasteiger partial charge in [-0.25, -0.2) is 4.79 Å². The van der Waals surface area contributed by atoms with E-state index in [-0.39, 0.29) is 12.5 Å². The predicted octanol–water partition coefficient (Wildman–Crippen LogP) is 4.80. The maximum atomic E-state index is 12.5. The lowest BCUT2D eigenvalue weighted by Gasteiger charge is -2.10. The highest BCUT2D eigenvalue weighted by Gasteiger charge is 2.11. The van der Waals surface area contributed by atoms with E-state index in [1.165, 1.54) is 18.2 Å². The van der Waals surface area contributed by atoms with Crippen molar-refractivity contribution in [1.82, 2.24) is 0 Å². The second-order valence-corrected chi connectivity index (χ2v) is 6.71. The molecular formula is C22H20ClN3O3. The van der Waals surface area contributed by atoms with Crippen molar-refractivity contribution in [3.05, 3.63) is 94.5 Å². The zero-order valence-corrected chi connectivity index (χ0v) is 16.3. The van der Waals surface area contributed by atoms with Crippen LogP contribution >= 0.6 is 11.6 Å². The zero-order chi connectivity index (χ0) is 20.6. The lowest BCUT2D eigenvalue weighted by molar-refractivity contribution is 0.102. The van der Waals surface area contributed by atoms with E-state index in [2.05, 4.69) is 10.6 Å². The van der Waals surface area contributed by atoms with Gasteiger partial charge in [0.25, 0.3) is 5.91 Å². The van der Waals surface area contributed by atoms with Gasteiger partial charge in [0, 0.05) is 28.5 Å². The van der Waals surface area contributed by atoms with Crippen LogP contribution in [-0.2, 0) is 17.9 Å². The second kappa shape index (κ2) is 9.73. The first-order chi connectivity index (χ1) is 14.0. The number of amides is 2. The molecule has 148 valence electrons. The van der Waals surface area contributed by atoms with Crippen molar-refractivity contribution in [2.45, 2.75) is 13.2 Å². The maximum Gasteiger partial charge on any atom is 0.411 e. The molecule has 0 unspecified atom stereocenters. The molecule has 7 heteroatoms. The van der Waals surface area contributed by atoms with Crippen LogP contribution in [0.1, 0.15) is 21.5 Å². The van der Waals surface area contributed by atoms with Gasteiger partial charge in [-0.3, -0.25) is 10.1 Å². The molecule has 3 aromatic carbocycles. The van der Waals surface area contributed by atoms with Crippen LogP contribution in [0, 0.1) is 0 Å². The van der Waals surface area contributed by atoms with Gasteiger partial charge in [0.15, 0.2) is 0 Å². The molecule has 0 saturated heterocycles. The van der Waals surface area contributed by atoms with E-state index in [4.69, 9.17) is 22.1 Å². The highest BCUT2D eigenvalue weighted by molar-refractivity contribution is 6.31. The number of hydrogen-bond acceptors (Lipinski definition) is 4. The summed E-state index contributed by atoms with van der Waals surface area (Å²) < 4.78 is 5.19. The molecule has 4 N–H and O–H groups in total. The second-order valence-electron chi connectivity index (χ2n) is 6.27. The Morgan fingerprint density at radius 1 is 0.862 bits per heavy atom. The number of carbonyl (C=O) groups is 2. The Balaban J connectivity index is 1.63. The van der Waals surface area contributed by atoms with Crippen LogP contribution in [0.2, 0.25) is 5.02 Å². The molecule has 0 radical (unpaired) electrons. The Hall–Kier alpha value is -3.35. The van der Waals surface area contributed by atoms with Crippen LogP contribution in [0.5, 0.6) is 0 Å². The number of carbonyl (C=O) groups excluding carboxylic acids is 2. The zero-order valence-electron chi connectivity index (χ0n) is 15.5. The minimum absolute atomic E-state index is 0.138. The van der Waals surface area contributed by atoms with Gasteiger partial charge in [0.05, 0.1) is 0 Å². The first kappa shape index (κ1) is 20.4. The molecule has 0 saturated carbocycles. The first-order valence-corrected chi connectivity index (χ1v) is 9.30. The maximum absolute atomic E-state index is 12.5. The fourth-order valence-electron chi connectivity index (χ4n) is 2.60. The summed E-state index contributed by atoms with van der Waals surface area (Å²) in [5.74, 6) is -0.353. The van der Waals surface area contributed by atoms with Crippen molar-refractivity contribution in [2.75, 3.05) is 10.6 Å². The summed E-state index contributed by atoms with van der Waals surface area (Å²) in [5.41, 5.74) is 8.70. The minimum Gasteiger partial charge on any atom is -0.444 e. The fourth-order valence-corrected chi connectivity index (χ4v) is 2.83. The van der Waals surface area contributed by atoms with Gasteiger partial charge < -0.3 is 15.8 Å². The van der Waals surface area contributed by atoms with Crippen molar-refractivity contribution < 1.29 is 14.3 Å². The molecule has 6 nitrogen and oxygen atoms in total. The summed E-state index contributed by atoms with van der Waals surface area (Å²) in [6.07, 6.45) is -0.639. The van der Waals surface area contributed by atoms with E-state index in [1.54, 1.807) is 12.1 Å². The normalized spacial score (nSPS) is 10.3. The van der Waals surface area contributed by atoms with Crippen LogP contribution in [0.3, 0.4) is 0 Å².